The third kappa shape index (κ3) is 6.94. The van der Waals surface area contributed by atoms with E-state index >= 15 is 0 Å². The molecule has 1 fully saturated rings. The Morgan fingerprint density at radius 1 is 0.955 bits per heavy atom. The number of amides is 1. The molecule has 0 bridgehead atoms. The molecule has 0 aliphatic carbocycles. The molecule has 1 saturated heterocycles. The zero-order chi connectivity index (χ0) is 30.8. The number of fused-ring (bicyclic) bond motifs is 3. The Morgan fingerprint density at radius 3 is 2.36 bits per heavy atom. The summed E-state index contributed by atoms with van der Waals surface area (Å²) in [6.07, 6.45) is 5.82. The molecule has 3 heterocycles. The molecule has 4 aromatic rings. The number of carbonyl (C=O) groups is 1. The number of nitrogens with zero attached hydrogens (tertiary/aromatic N) is 4. The maximum absolute atomic E-state index is 12.4. The fraction of sp³-hybridized carbons (Fsp3) is 0.417. The van der Waals surface area contributed by atoms with E-state index < -0.39 is 5.60 Å². The van der Waals surface area contributed by atoms with Crippen LogP contribution in [0.2, 0.25) is 5.02 Å². The Hall–Kier alpha value is -3.84. The van der Waals surface area contributed by atoms with Crippen molar-refractivity contribution in [2.24, 2.45) is 5.92 Å². The van der Waals surface area contributed by atoms with Crippen LogP contribution in [-0.2, 0) is 17.6 Å². The summed E-state index contributed by atoms with van der Waals surface area (Å²) >= 11 is 6.13. The van der Waals surface area contributed by atoms with Crippen LogP contribution in [0.4, 0.5) is 10.5 Å². The second-order valence-electron chi connectivity index (χ2n) is 13.2. The number of carbonyl (C=O) groups excluding carboxylic acids is 1. The van der Waals surface area contributed by atoms with E-state index in [9.17, 15) is 4.79 Å². The highest BCUT2D eigenvalue weighted by Gasteiger charge is 2.27. The fourth-order valence-electron chi connectivity index (χ4n) is 6.38. The molecule has 1 N–H and O–H groups in total. The van der Waals surface area contributed by atoms with Crippen LogP contribution in [0.1, 0.15) is 75.3 Å². The maximum atomic E-state index is 12.4. The van der Waals surface area contributed by atoms with Gasteiger partial charge in [0.15, 0.2) is 0 Å². The number of hydrogen-bond donors (Lipinski definition) is 1. The normalized spacial score (nSPS) is 17.0. The first-order valence-electron chi connectivity index (χ1n) is 15.8. The van der Waals surface area contributed by atoms with Gasteiger partial charge >= 0.3 is 6.09 Å². The zero-order valence-corrected chi connectivity index (χ0v) is 26.9. The summed E-state index contributed by atoms with van der Waals surface area (Å²) in [5.41, 5.74) is 6.69. The lowest BCUT2D eigenvalue weighted by atomic mass is 9.90. The maximum Gasteiger partial charge on any atom is 0.410 e. The van der Waals surface area contributed by atoms with Crippen molar-refractivity contribution in [3.8, 4) is 16.8 Å². The summed E-state index contributed by atoms with van der Waals surface area (Å²) in [6.45, 7) is 9.33. The van der Waals surface area contributed by atoms with E-state index in [1.54, 1.807) is 0 Å². The summed E-state index contributed by atoms with van der Waals surface area (Å²) in [5.74, 6) is 2.53. The predicted octanol–water partition coefficient (Wildman–Crippen LogP) is 8.58. The van der Waals surface area contributed by atoms with Gasteiger partial charge in [-0.25, -0.2) is 4.79 Å². The van der Waals surface area contributed by atoms with Crippen LogP contribution in [0, 0.1) is 12.8 Å². The van der Waals surface area contributed by atoms with Gasteiger partial charge in [0.25, 0.3) is 0 Å². The standard InChI is InChI=1S/C36H42ClN5O2/c1-24-39-40-34-18-17-32(38-30-14-12-29(37)13-15-30)31-16-11-28(23-33(31)42(24)34)27-9-7-25(8-10-27)5-6-26-19-21-41(22-20-26)35(43)44-36(2,3)4/h7-16,23,26,32,38H,5-6,17-22H2,1-4H3. The van der Waals surface area contributed by atoms with E-state index in [0.717, 1.165) is 79.7 Å². The number of anilines is 1. The topological polar surface area (TPSA) is 72.3 Å². The average molecular weight is 612 g/mol. The Morgan fingerprint density at radius 2 is 1.66 bits per heavy atom. The molecule has 1 atom stereocenters. The van der Waals surface area contributed by atoms with Crippen LogP contribution < -0.4 is 5.32 Å². The van der Waals surface area contributed by atoms with E-state index in [0.29, 0.717) is 5.92 Å². The summed E-state index contributed by atoms with van der Waals surface area (Å²) in [4.78, 5) is 14.3. The number of piperidine rings is 1. The van der Waals surface area contributed by atoms with Crippen molar-refractivity contribution in [2.75, 3.05) is 18.4 Å². The van der Waals surface area contributed by atoms with Gasteiger partial charge in [-0.1, -0.05) is 48.0 Å². The number of aromatic nitrogens is 3. The van der Waals surface area contributed by atoms with Gasteiger partial charge in [-0.2, -0.15) is 0 Å². The first-order valence-corrected chi connectivity index (χ1v) is 16.2. The van der Waals surface area contributed by atoms with Crippen molar-refractivity contribution in [3.05, 3.63) is 94.5 Å². The molecule has 7 nitrogen and oxygen atoms in total. The predicted molar refractivity (Wildman–Crippen MR) is 177 cm³/mol. The lowest BCUT2D eigenvalue weighted by Crippen LogP contribution is -2.41. The van der Waals surface area contributed by atoms with E-state index in [1.807, 2.05) is 56.9 Å². The highest BCUT2D eigenvalue weighted by Crippen LogP contribution is 2.36. The Kier molecular flexibility index (Phi) is 8.68. The summed E-state index contributed by atoms with van der Waals surface area (Å²) in [5, 5.41) is 13.4. The number of likely N-dealkylation sites (tertiary alicyclic amines) is 1. The molecule has 1 aromatic heterocycles. The van der Waals surface area contributed by atoms with E-state index in [1.165, 1.54) is 22.3 Å². The summed E-state index contributed by atoms with van der Waals surface area (Å²) < 4.78 is 7.76. The SMILES string of the molecule is Cc1nnc2n1-c1cc(-c3ccc(CCC4CCN(C(=O)OC(C)(C)C)CC4)cc3)ccc1C(Nc1ccc(Cl)cc1)CC2. The summed E-state index contributed by atoms with van der Waals surface area (Å²) in [7, 11) is 0. The number of benzene rings is 3. The number of nitrogens with one attached hydrogen (secondary N) is 1. The van der Waals surface area contributed by atoms with Crippen molar-refractivity contribution in [2.45, 2.75) is 77.9 Å². The highest BCUT2D eigenvalue weighted by molar-refractivity contribution is 6.30. The van der Waals surface area contributed by atoms with E-state index in [2.05, 4.69) is 62.5 Å². The van der Waals surface area contributed by atoms with Gasteiger partial charge in [0.05, 0.1) is 11.7 Å². The molecule has 2 aliphatic heterocycles. The first kappa shape index (κ1) is 30.2. The zero-order valence-electron chi connectivity index (χ0n) is 26.1. The average Bonchev–Trinajstić information content (AvgIpc) is 3.30. The molecule has 0 saturated carbocycles. The molecule has 0 spiro atoms. The molecule has 6 rings (SSSR count). The minimum Gasteiger partial charge on any atom is -0.444 e. The van der Waals surface area contributed by atoms with Gasteiger partial charge in [-0.05, 0) is 118 Å². The largest absolute Gasteiger partial charge is 0.444 e. The molecule has 2 aliphatic rings. The van der Waals surface area contributed by atoms with Gasteiger partial charge in [0.1, 0.15) is 17.2 Å². The Labute approximate surface area is 265 Å². The van der Waals surface area contributed by atoms with Gasteiger partial charge < -0.3 is 15.0 Å². The van der Waals surface area contributed by atoms with Crippen LogP contribution in [0.25, 0.3) is 16.8 Å². The van der Waals surface area contributed by atoms with E-state index in [4.69, 9.17) is 16.3 Å². The van der Waals surface area contributed by atoms with Crippen LogP contribution >= 0.6 is 11.6 Å². The van der Waals surface area contributed by atoms with Gasteiger partial charge in [-0.3, -0.25) is 4.57 Å². The third-order valence-electron chi connectivity index (χ3n) is 8.78. The van der Waals surface area contributed by atoms with Gasteiger partial charge in [0.2, 0.25) is 0 Å². The lowest BCUT2D eigenvalue weighted by Gasteiger charge is -2.33. The Balaban J connectivity index is 1.13. The van der Waals surface area contributed by atoms with Crippen molar-refractivity contribution in [1.82, 2.24) is 19.7 Å². The van der Waals surface area contributed by atoms with Crippen molar-refractivity contribution in [1.29, 1.82) is 0 Å². The second kappa shape index (κ2) is 12.6. The molecule has 44 heavy (non-hydrogen) atoms. The molecule has 8 heteroatoms. The molecule has 3 aromatic carbocycles. The number of halogens is 1. The second-order valence-corrected chi connectivity index (χ2v) is 13.6. The smallest absolute Gasteiger partial charge is 0.410 e. The fourth-order valence-corrected chi connectivity index (χ4v) is 6.51. The highest BCUT2D eigenvalue weighted by atomic mass is 35.5. The molecule has 1 amide bonds. The number of hydrogen-bond acceptors (Lipinski definition) is 5. The molecule has 1 unspecified atom stereocenters. The summed E-state index contributed by atoms with van der Waals surface area (Å²) in [6, 6.07) is 23.8. The number of rotatable bonds is 6. The number of ether oxygens (including phenoxy) is 1. The minimum absolute atomic E-state index is 0.139. The third-order valence-corrected chi connectivity index (χ3v) is 9.03. The molecule has 230 valence electrons. The van der Waals surface area contributed by atoms with Crippen LogP contribution in [-0.4, -0.2) is 44.4 Å². The van der Waals surface area contributed by atoms with Gasteiger partial charge in [-0.15, -0.1) is 10.2 Å². The van der Waals surface area contributed by atoms with Crippen LogP contribution in [0.5, 0.6) is 0 Å². The first-order chi connectivity index (χ1) is 21.1. The van der Waals surface area contributed by atoms with E-state index in [-0.39, 0.29) is 12.1 Å². The van der Waals surface area contributed by atoms with Gasteiger partial charge in [0, 0.05) is 30.2 Å². The van der Waals surface area contributed by atoms with Crippen LogP contribution in [0.3, 0.4) is 0 Å². The lowest BCUT2D eigenvalue weighted by molar-refractivity contribution is 0.0181. The van der Waals surface area contributed by atoms with Crippen molar-refractivity contribution in [3.63, 3.8) is 0 Å². The van der Waals surface area contributed by atoms with Crippen molar-refractivity contribution < 1.29 is 9.53 Å². The monoisotopic (exact) mass is 611 g/mol. The molecular weight excluding hydrogens is 570 g/mol. The Bertz CT molecular complexity index is 1600. The van der Waals surface area contributed by atoms with Crippen molar-refractivity contribution >= 4 is 23.4 Å². The minimum atomic E-state index is -0.450. The molecule has 0 radical (unpaired) electrons. The number of aryl methyl sites for hydroxylation is 3. The molecular formula is C36H42ClN5O2. The van der Waals surface area contributed by atoms with Crippen LogP contribution in [0.15, 0.2) is 66.7 Å². The quantitative estimate of drug-likeness (QED) is 0.236.